The van der Waals surface area contributed by atoms with Crippen LogP contribution in [-0.2, 0) is 32.1 Å². The van der Waals surface area contributed by atoms with Crippen LogP contribution in [0, 0.1) is 42.4 Å². The molecule has 3 fully saturated rings. The van der Waals surface area contributed by atoms with Gasteiger partial charge >= 0.3 is 17.9 Å². The lowest BCUT2D eigenvalue weighted by Crippen LogP contribution is -2.50. The minimum Gasteiger partial charge on any atom is -0.507 e. The number of allylic oxidation sites excluding steroid dienone is 2. The SMILES string of the molecule is C/C(=C\Cc1c(O)c(C)c(C)c(OC(=O)[C@@]23CC[C@@](C)(C(=O)O2)C3(C)C)c1CN1CCC[C@H]1C(=O)O)CCC[C@H](C)CCC[C@H](C)CCCC(C)C. The summed E-state index contributed by atoms with van der Waals surface area (Å²) in [6.45, 7) is 21.6. The van der Waals surface area contributed by atoms with Crippen molar-refractivity contribution in [2.75, 3.05) is 6.54 Å². The van der Waals surface area contributed by atoms with Crippen LogP contribution in [0.4, 0.5) is 0 Å². The Kier molecular flexibility index (Phi) is 13.8. The van der Waals surface area contributed by atoms with E-state index < -0.39 is 34.4 Å². The lowest BCUT2D eigenvalue weighted by molar-refractivity contribution is -0.176. The van der Waals surface area contributed by atoms with Crippen LogP contribution in [-0.4, -0.2) is 51.2 Å². The van der Waals surface area contributed by atoms with Crippen LogP contribution >= 0.6 is 0 Å². The Bertz CT molecular complexity index is 1490. The number of ether oxygens (including phenoxy) is 2. The van der Waals surface area contributed by atoms with Crippen LogP contribution < -0.4 is 4.74 Å². The van der Waals surface area contributed by atoms with Gasteiger partial charge in [-0.2, -0.15) is 0 Å². The van der Waals surface area contributed by atoms with Crippen molar-refractivity contribution in [3.8, 4) is 11.5 Å². The third kappa shape index (κ3) is 8.58. The second-order valence-corrected chi connectivity index (χ2v) is 18.0. The molecule has 292 valence electrons. The zero-order valence-corrected chi connectivity index (χ0v) is 34.1. The van der Waals surface area contributed by atoms with E-state index in [9.17, 15) is 24.6 Å². The number of aliphatic carboxylic acids is 1. The van der Waals surface area contributed by atoms with Gasteiger partial charge in [0, 0.05) is 23.1 Å². The molecule has 0 unspecified atom stereocenters. The van der Waals surface area contributed by atoms with Crippen molar-refractivity contribution >= 4 is 17.9 Å². The molecule has 1 aromatic carbocycles. The highest BCUT2D eigenvalue weighted by Gasteiger charge is 2.76. The minimum absolute atomic E-state index is 0.147. The molecular weight excluding hydrogens is 654 g/mol. The van der Waals surface area contributed by atoms with E-state index in [0.717, 1.165) is 31.1 Å². The Labute approximate surface area is 314 Å². The zero-order chi connectivity index (χ0) is 38.6. The van der Waals surface area contributed by atoms with Gasteiger partial charge in [0.15, 0.2) is 0 Å². The van der Waals surface area contributed by atoms with Gasteiger partial charge in [-0.05, 0) is 108 Å². The predicted molar refractivity (Wildman–Crippen MR) is 206 cm³/mol. The molecule has 0 amide bonds. The Morgan fingerprint density at radius 3 is 2.12 bits per heavy atom. The monoisotopic (exact) mass is 724 g/mol. The van der Waals surface area contributed by atoms with E-state index in [1.807, 2.05) is 39.5 Å². The van der Waals surface area contributed by atoms with Gasteiger partial charge in [-0.1, -0.05) is 98.1 Å². The maximum absolute atomic E-state index is 14.2. The largest absolute Gasteiger partial charge is 0.507 e. The van der Waals surface area contributed by atoms with Crippen LogP contribution in [0.5, 0.6) is 11.5 Å². The average molecular weight is 724 g/mol. The van der Waals surface area contributed by atoms with Crippen LogP contribution in [0.25, 0.3) is 0 Å². The highest BCUT2D eigenvalue weighted by atomic mass is 16.6. The first-order valence-electron chi connectivity index (χ1n) is 20.3. The van der Waals surface area contributed by atoms with Crippen LogP contribution in [0.15, 0.2) is 11.6 Å². The lowest BCUT2D eigenvalue weighted by Gasteiger charge is -2.35. The molecule has 2 heterocycles. The topological polar surface area (TPSA) is 113 Å². The maximum atomic E-state index is 14.2. The molecule has 2 bridgehead atoms. The summed E-state index contributed by atoms with van der Waals surface area (Å²) < 4.78 is 12.2. The van der Waals surface area contributed by atoms with Gasteiger partial charge in [0.2, 0.25) is 5.60 Å². The predicted octanol–water partition coefficient (Wildman–Crippen LogP) is 10.0. The van der Waals surface area contributed by atoms with Gasteiger partial charge in [0.05, 0.1) is 5.41 Å². The average Bonchev–Trinajstić information content (AvgIpc) is 3.66. The number of carbonyl (C=O) groups is 3. The summed E-state index contributed by atoms with van der Waals surface area (Å²) in [5.74, 6) is 0.903. The number of phenolic OH excluding ortho intramolecular Hbond substituents is 1. The first kappa shape index (κ1) is 41.9. The van der Waals surface area contributed by atoms with E-state index in [2.05, 4.69) is 40.7 Å². The molecule has 0 spiro atoms. The molecule has 2 aliphatic heterocycles. The number of carboxylic acid groups (broad SMARTS) is 1. The summed E-state index contributed by atoms with van der Waals surface area (Å²) in [6.07, 6.45) is 15.9. The molecule has 4 rings (SSSR count). The number of hydrogen-bond acceptors (Lipinski definition) is 7. The molecule has 2 N–H and O–H groups in total. The summed E-state index contributed by atoms with van der Waals surface area (Å²) in [5, 5.41) is 21.6. The Balaban J connectivity index is 1.50. The van der Waals surface area contributed by atoms with E-state index in [0.29, 0.717) is 66.1 Å². The molecule has 0 radical (unpaired) electrons. The van der Waals surface area contributed by atoms with E-state index in [1.54, 1.807) is 0 Å². The van der Waals surface area contributed by atoms with Crippen molar-refractivity contribution in [2.24, 2.45) is 28.6 Å². The molecule has 1 saturated carbocycles. The molecule has 0 aromatic heterocycles. The van der Waals surface area contributed by atoms with Crippen molar-refractivity contribution < 1.29 is 34.1 Å². The molecule has 5 atom stereocenters. The van der Waals surface area contributed by atoms with Crippen molar-refractivity contribution in [3.05, 3.63) is 33.9 Å². The fourth-order valence-electron chi connectivity index (χ4n) is 9.07. The Hall–Kier alpha value is -2.87. The number of nitrogens with zero attached hydrogens (tertiary/aromatic N) is 1. The molecule has 1 aromatic rings. The number of phenols is 1. The lowest BCUT2D eigenvalue weighted by atomic mass is 9.66. The number of benzene rings is 1. The highest BCUT2D eigenvalue weighted by Crippen LogP contribution is 2.66. The van der Waals surface area contributed by atoms with Gasteiger partial charge in [-0.15, -0.1) is 0 Å². The molecule has 1 aliphatic carbocycles. The fraction of sp³-hybridized carbons (Fsp3) is 0.750. The van der Waals surface area contributed by atoms with Gasteiger partial charge in [0.1, 0.15) is 17.5 Å². The first-order valence-corrected chi connectivity index (χ1v) is 20.3. The number of fused-ring (bicyclic) bond motifs is 2. The summed E-state index contributed by atoms with van der Waals surface area (Å²) in [4.78, 5) is 41.4. The van der Waals surface area contributed by atoms with E-state index in [1.165, 1.54) is 50.5 Å². The first-order chi connectivity index (χ1) is 24.4. The number of likely N-dealkylation sites (tertiary alicyclic amines) is 1. The number of aromatic hydroxyl groups is 1. The maximum Gasteiger partial charge on any atom is 0.356 e. The summed E-state index contributed by atoms with van der Waals surface area (Å²) in [5.41, 5.74) is 0.773. The Morgan fingerprint density at radius 2 is 1.56 bits per heavy atom. The highest BCUT2D eigenvalue weighted by molar-refractivity contribution is 5.94. The Morgan fingerprint density at radius 1 is 0.942 bits per heavy atom. The summed E-state index contributed by atoms with van der Waals surface area (Å²) in [7, 11) is 0. The van der Waals surface area contributed by atoms with E-state index in [-0.39, 0.29) is 18.3 Å². The van der Waals surface area contributed by atoms with E-state index >= 15 is 0 Å². The van der Waals surface area contributed by atoms with Crippen molar-refractivity contribution in [2.45, 2.75) is 177 Å². The number of carboxylic acids is 1. The quantitative estimate of drug-likeness (QED) is 0.0824. The van der Waals surface area contributed by atoms with Crippen molar-refractivity contribution in [1.82, 2.24) is 4.90 Å². The summed E-state index contributed by atoms with van der Waals surface area (Å²) in [6, 6.07) is -0.656. The number of rotatable bonds is 19. The fourth-order valence-corrected chi connectivity index (χ4v) is 9.07. The van der Waals surface area contributed by atoms with Crippen LogP contribution in [0.3, 0.4) is 0 Å². The number of hydrogen-bond donors (Lipinski definition) is 2. The van der Waals surface area contributed by atoms with Gasteiger partial charge in [0.25, 0.3) is 0 Å². The standard InChI is InChI=1S/C44H69NO7/c1-28(2)15-11-16-29(3)17-12-18-30(4)19-13-20-31(5)22-23-34-35(27-45-26-14-21-36(45)39(47)48)38(33(7)32(6)37(34)46)51-41(50)44-25-24-43(10,40(49)52-44)42(44,8)9/h22,28-30,36,46H,11-21,23-27H2,1-10H3,(H,47,48)/b31-22+/t29-,30-,36+,43+,44-/m1/s1. The van der Waals surface area contributed by atoms with Crippen LogP contribution in [0.2, 0.25) is 0 Å². The third-order valence-corrected chi connectivity index (χ3v) is 13.6. The zero-order valence-electron chi connectivity index (χ0n) is 34.1. The molecule has 8 heteroatoms. The smallest absolute Gasteiger partial charge is 0.356 e. The van der Waals surface area contributed by atoms with Crippen molar-refractivity contribution in [1.29, 1.82) is 0 Å². The van der Waals surface area contributed by atoms with Crippen molar-refractivity contribution in [3.63, 3.8) is 0 Å². The molecule has 52 heavy (non-hydrogen) atoms. The van der Waals surface area contributed by atoms with Gasteiger partial charge < -0.3 is 19.7 Å². The van der Waals surface area contributed by atoms with Crippen LogP contribution in [0.1, 0.15) is 161 Å². The second-order valence-electron chi connectivity index (χ2n) is 18.0. The molecule has 8 nitrogen and oxygen atoms in total. The van der Waals surface area contributed by atoms with E-state index in [4.69, 9.17) is 9.47 Å². The molecule has 3 aliphatic rings. The number of carbonyl (C=O) groups excluding carboxylic acids is 2. The second kappa shape index (κ2) is 17.1. The van der Waals surface area contributed by atoms with Gasteiger partial charge in [-0.25, -0.2) is 4.79 Å². The summed E-state index contributed by atoms with van der Waals surface area (Å²) >= 11 is 0. The molecule has 2 saturated heterocycles. The van der Waals surface area contributed by atoms with Gasteiger partial charge in [-0.3, -0.25) is 14.5 Å². The normalized spacial score (nSPS) is 25.5. The third-order valence-electron chi connectivity index (χ3n) is 13.6. The minimum atomic E-state index is -1.41. The number of esters is 2. The molecular formula is C44H69NO7.